The maximum absolute atomic E-state index is 11.3. The van der Waals surface area contributed by atoms with Gasteiger partial charge in [0.2, 0.25) is 0 Å². The molecule has 0 spiro atoms. The Kier molecular flexibility index (Phi) is 4.59. The molecule has 0 atom stereocenters. The molecule has 0 saturated heterocycles. The van der Waals surface area contributed by atoms with Gasteiger partial charge in [0.1, 0.15) is 5.60 Å². The molecule has 14 heavy (non-hydrogen) atoms. The summed E-state index contributed by atoms with van der Waals surface area (Å²) in [6.45, 7) is 6.68. The Morgan fingerprint density at radius 2 is 1.71 bits per heavy atom. The number of carbonyl (C=O) groups is 1. The van der Waals surface area contributed by atoms with Crippen LogP contribution in [0.3, 0.4) is 0 Å². The predicted molar refractivity (Wildman–Crippen MR) is 58.0 cm³/mol. The molecule has 3 nitrogen and oxygen atoms in total. The van der Waals surface area contributed by atoms with Crippen LogP contribution in [0.15, 0.2) is 0 Å². The molecule has 0 aromatic rings. The van der Waals surface area contributed by atoms with Crippen molar-refractivity contribution in [3.05, 3.63) is 0 Å². The van der Waals surface area contributed by atoms with Crippen molar-refractivity contribution < 1.29 is 14.0 Å². The van der Waals surface area contributed by atoms with E-state index in [1.54, 1.807) is 0 Å². The third-order valence-corrected chi connectivity index (χ3v) is 1.63. The Bertz CT molecular complexity index is 186. The summed E-state index contributed by atoms with van der Waals surface area (Å²) in [5.74, 6) is -0.0917. The SMILES string of the molecule is CC(C)(C)OC(=O)CCC[N+](C)(C)C. The second kappa shape index (κ2) is 4.78. The molecule has 0 aromatic heterocycles. The molecule has 0 aromatic carbocycles. The van der Waals surface area contributed by atoms with Crippen molar-refractivity contribution in [1.82, 2.24) is 0 Å². The zero-order valence-electron chi connectivity index (χ0n) is 10.4. The lowest BCUT2D eigenvalue weighted by Gasteiger charge is -2.24. The molecular weight excluding hydrogens is 178 g/mol. The molecule has 0 heterocycles. The van der Waals surface area contributed by atoms with E-state index in [2.05, 4.69) is 21.1 Å². The minimum Gasteiger partial charge on any atom is -0.460 e. The van der Waals surface area contributed by atoms with Crippen LogP contribution in [0.2, 0.25) is 0 Å². The van der Waals surface area contributed by atoms with Gasteiger partial charge in [0.05, 0.1) is 34.1 Å². The summed E-state index contributed by atoms with van der Waals surface area (Å²) >= 11 is 0. The summed E-state index contributed by atoms with van der Waals surface area (Å²) in [5, 5.41) is 0. The van der Waals surface area contributed by atoms with Crippen LogP contribution in [-0.2, 0) is 9.53 Å². The zero-order valence-corrected chi connectivity index (χ0v) is 10.4. The lowest BCUT2D eigenvalue weighted by molar-refractivity contribution is -0.870. The summed E-state index contributed by atoms with van der Waals surface area (Å²) in [6.07, 6.45) is 1.41. The number of esters is 1. The van der Waals surface area contributed by atoms with Crippen molar-refractivity contribution in [2.24, 2.45) is 0 Å². The van der Waals surface area contributed by atoms with Crippen LogP contribution in [-0.4, -0.2) is 43.7 Å². The fourth-order valence-corrected chi connectivity index (χ4v) is 1.09. The van der Waals surface area contributed by atoms with Crippen LogP contribution in [0.4, 0.5) is 0 Å². The molecule has 0 unspecified atom stereocenters. The lowest BCUT2D eigenvalue weighted by atomic mass is 10.2. The number of rotatable bonds is 4. The largest absolute Gasteiger partial charge is 0.460 e. The summed E-state index contributed by atoms with van der Waals surface area (Å²) in [4.78, 5) is 11.3. The van der Waals surface area contributed by atoms with E-state index in [4.69, 9.17) is 4.74 Å². The molecule has 0 saturated carbocycles. The van der Waals surface area contributed by atoms with E-state index < -0.39 is 0 Å². The van der Waals surface area contributed by atoms with E-state index in [0.717, 1.165) is 17.4 Å². The molecule has 84 valence electrons. The van der Waals surface area contributed by atoms with Crippen molar-refractivity contribution in [2.75, 3.05) is 27.7 Å². The average molecular weight is 202 g/mol. The van der Waals surface area contributed by atoms with Crippen LogP contribution in [0.25, 0.3) is 0 Å². The Morgan fingerprint density at radius 3 is 2.07 bits per heavy atom. The van der Waals surface area contributed by atoms with Gasteiger partial charge in [-0.2, -0.15) is 0 Å². The Hall–Kier alpha value is -0.570. The minimum absolute atomic E-state index is 0.0917. The normalized spacial score (nSPS) is 12.7. The topological polar surface area (TPSA) is 26.3 Å². The summed E-state index contributed by atoms with van der Waals surface area (Å²) in [7, 11) is 6.36. The van der Waals surface area contributed by atoms with Gasteiger partial charge in [0.15, 0.2) is 0 Å². The Morgan fingerprint density at radius 1 is 1.21 bits per heavy atom. The average Bonchev–Trinajstić information content (AvgIpc) is 1.78. The number of quaternary nitrogens is 1. The fraction of sp³-hybridized carbons (Fsp3) is 0.909. The molecule has 3 heteroatoms. The Balaban J connectivity index is 3.66. The molecule has 0 aliphatic rings. The van der Waals surface area contributed by atoms with Crippen molar-refractivity contribution in [2.45, 2.75) is 39.2 Å². The first kappa shape index (κ1) is 13.4. The van der Waals surface area contributed by atoms with Crippen LogP contribution in [0, 0.1) is 0 Å². The van der Waals surface area contributed by atoms with Crippen molar-refractivity contribution in [3.63, 3.8) is 0 Å². The van der Waals surface area contributed by atoms with Crippen LogP contribution in [0.1, 0.15) is 33.6 Å². The number of carbonyl (C=O) groups excluding carboxylic acids is 1. The second-order valence-electron chi connectivity index (χ2n) is 5.70. The van der Waals surface area contributed by atoms with Gasteiger partial charge in [-0.05, 0) is 20.8 Å². The van der Waals surface area contributed by atoms with Gasteiger partial charge in [-0.3, -0.25) is 4.79 Å². The highest BCUT2D eigenvalue weighted by Crippen LogP contribution is 2.09. The number of nitrogens with zero attached hydrogens (tertiary/aromatic N) is 1. The van der Waals surface area contributed by atoms with E-state index in [1.165, 1.54) is 0 Å². The number of ether oxygens (including phenoxy) is 1. The van der Waals surface area contributed by atoms with Crippen LogP contribution in [0.5, 0.6) is 0 Å². The number of hydrogen-bond acceptors (Lipinski definition) is 2. The van der Waals surface area contributed by atoms with Gasteiger partial charge in [0.25, 0.3) is 0 Å². The van der Waals surface area contributed by atoms with Gasteiger partial charge in [-0.15, -0.1) is 0 Å². The Labute approximate surface area is 87.6 Å². The molecule has 0 radical (unpaired) electrons. The van der Waals surface area contributed by atoms with E-state index >= 15 is 0 Å². The molecule has 0 bridgehead atoms. The monoisotopic (exact) mass is 202 g/mol. The van der Waals surface area contributed by atoms with Gasteiger partial charge >= 0.3 is 5.97 Å². The second-order valence-corrected chi connectivity index (χ2v) is 5.70. The van der Waals surface area contributed by atoms with Crippen molar-refractivity contribution in [1.29, 1.82) is 0 Å². The molecule has 0 aliphatic heterocycles. The molecule has 0 amide bonds. The van der Waals surface area contributed by atoms with E-state index in [0.29, 0.717) is 6.42 Å². The highest BCUT2D eigenvalue weighted by molar-refractivity contribution is 5.69. The first-order chi connectivity index (χ1) is 6.10. The summed E-state index contributed by atoms with van der Waals surface area (Å²) in [6, 6.07) is 0. The standard InChI is InChI=1S/C11H24NO2/c1-11(2,3)14-10(13)8-7-9-12(4,5)6/h7-9H2,1-6H3/q+1. The minimum atomic E-state index is -0.353. The highest BCUT2D eigenvalue weighted by Gasteiger charge is 2.16. The first-order valence-corrected chi connectivity index (χ1v) is 5.12. The third-order valence-electron chi connectivity index (χ3n) is 1.63. The predicted octanol–water partition coefficient (Wildman–Crippen LogP) is 1.81. The molecule has 0 rings (SSSR count). The first-order valence-electron chi connectivity index (χ1n) is 5.12. The third kappa shape index (κ3) is 9.52. The highest BCUT2D eigenvalue weighted by atomic mass is 16.6. The van der Waals surface area contributed by atoms with E-state index in [9.17, 15) is 4.79 Å². The van der Waals surface area contributed by atoms with Gasteiger partial charge in [0, 0.05) is 6.42 Å². The lowest BCUT2D eigenvalue weighted by Crippen LogP contribution is -2.35. The van der Waals surface area contributed by atoms with E-state index in [1.807, 2.05) is 20.8 Å². The maximum atomic E-state index is 11.3. The molecule has 0 N–H and O–H groups in total. The van der Waals surface area contributed by atoms with Gasteiger partial charge in [-0.1, -0.05) is 0 Å². The van der Waals surface area contributed by atoms with E-state index in [-0.39, 0.29) is 11.6 Å². The summed E-state index contributed by atoms with van der Waals surface area (Å²) < 4.78 is 6.10. The fourth-order valence-electron chi connectivity index (χ4n) is 1.09. The smallest absolute Gasteiger partial charge is 0.306 e. The zero-order chi connectivity index (χ0) is 11.4. The quantitative estimate of drug-likeness (QED) is 0.513. The maximum Gasteiger partial charge on any atom is 0.306 e. The van der Waals surface area contributed by atoms with Crippen molar-refractivity contribution in [3.8, 4) is 0 Å². The van der Waals surface area contributed by atoms with Gasteiger partial charge in [-0.25, -0.2) is 0 Å². The molecular formula is C11H24NO2+. The molecule has 0 fully saturated rings. The van der Waals surface area contributed by atoms with Crippen molar-refractivity contribution >= 4 is 5.97 Å². The van der Waals surface area contributed by atoms with Crippen LogP contribution < -0.4 is 0 Å². The number of hydrogen-bond donors (Lipinski definition) is 0. The summed E-state index contributed by atoms with van der Waals surface area (Å²) in [5.41, 5.74) is -0.353. The molecule has 0 aliphatic carbocycles. The van der Waals surface area contributed by atoms with Gasteiger partial charge < -0.3 is 9.22 Å². The van der Waals surface area contributed by atoms with Crippen LogP contribution >= 0.6 is 0 Å².